The van der Waals surface area contributed by atoms with Crippen LogP contribution in [-0.4, -0.2) is 14.1 Å². The molecular formula is C15H15Br2NO. The van der Waals surface area contributed by atoms with Crippen LogP contribution in [0.5, 0.6) is 11.5 Å². The molecule has 0 fully saturated rings. The number of benzene rings is 2. The molecule has 0 atom stereocenters. The van der Waals surface area contributed by atoms with E-state index in [9.17, 15) is 0 Å². The van der Waals surface area contributed by atoms with E-state index >= 15 is 0 Å². The molecule has 0 aliphatic heterocycles. The number of alkyl halides is 1. The summed E-state index contributed by atoms with van der Waals surface area (Å²) in [6.45, 7) is 0. The van der Waals surface area contributed by atoms with Crippen molar-refractivity contribution in [1.82, 2.24) is 0 Å². The van der Waals surface area contributed by atoms with E-state index in [1.165, 1.54) is 5.56 Å². The van der Waals surface area contributed by atoms with Crippen molar-refractivity contribution in [1.29, 1.82) is 0 Å². The molecule has 0 amide bonds. The molecule has 4 heteroatoms. The number of ether oxygens (including phenoxy) is 1. The number of rotatable bonds is 4. The maximum atomic E-state index is 5.88. The lowest BCUT2D eigenvalue weighted by atomic mass is 10.2. The maximum Gasteiger partial charge on any atom is 0.129 e. The first-order valence-corrected chi connectivity index (χ1v) is 7.81. The smallest absolute Gasteiger partial charge is 0.129 e. The predicted octanol–water partition coefficient (Wildman–Crippen LogP) is 5.20. The molecule has 0 saturated carbocycles. The van der Waals surface area contributed by atoms with Crippen molar-refractivity contribution in [3.05, 3.63) is 52.5 Å². The Labute approximate surface area is 130 Å². The van der Waals surface area contributed by atoms with Crippen molar-refractivity contribution in [2.24, 2.45) is 0 Å². The van der Waals surface area contributed by atoms with Gasteiger partial charge in [0.1, 0.15) is 11.5 Å². The number of halogens is 2. The van der Waals surface area contributed by atoms with Gasteiger partial charge in [-0.25, -0.2) is 0 Å². The fraction of sp³-hybridized carbons (Fsp3) is 0.200. The Morgan fingerprint density at radius 2 is 1.79 bits per heavy atom. The van der Waals surface area contributed by atoms with E-state index in [-0.39, 0.29) is 0 Å². The van der Waals surface area contributed by atoms with Gasteiger partial charge in [-0.1, -0.05) is 44.0 Å². The van der Waals surface area contributed by atoms with E-state index in [1.54, 1.807) is 0 Å². The second-order valence-electron chi connectivity index (χ2n) is 4.38. The number of hydrogen-bond donors (Lipinski definition) is 0. The van der Waals surface area contributed by atoms with Crippen LogP contribution in [0.25, 0.3) is 0 Å². The van der Waals surface area contributed by atoms with Gasteiger partial charge in [0.2, 0.25) is 0 Å². The molecule has 0 unspecified atom stereocenters. The molecule has 0 heterocycles. The fourth-order valence-corrected chi connectivity index (χ4v) is 3.02. The van der Waals surface area contributed by atoms with Crippen molar-refractivity contribution in [3.8, 4) is 11.5 Å². The van der Waals surface area contributed by atoms with E-state index in [1.807, 2.05) is 50.5 Å². The first-order valence-electron chi connectivity index (χ1n) is 5.90. The van der Waals surface area contributed by atoms with Crippen molar-refractivity contribution in [2.45, 2.75) is 5.33 Å². The van der Waals surface area contributed by atoms with Gasteiger partial charge in [-0.2, -0.15) is 0 Å². The summed E-state index contributed by atoms with van der Waals surface area (Å²) in [6.07, 6.45) is 0. The molecule has 0 N–H and O–H groups in total. The molecule has 0 saturated heterocycles. The van der Waals surface area contributed by atoms with Crippen molar-refractivity contribution in [2.75, 3.05) is 19.0 Å². The summed E-state index contributed by atoms with van der Waals surface area (Å²) in [5.74, 6) is 1.66. The van der Waals surface area contributed by atoms with E-state index in [0.29, 0.717) is 0 Å². The van der Waals surface area contributed by atoms with Crippen LogP contribution in [-0.2, 0) is 5.33 Å². The first kappa shape index (κ1) is 14.4. The summed E-state index contributed by atoms with van der Waals surface area (Å²) in [5, 5.41) is 0.823. The largest absolute Gasteiger partial charge is 0.457 e. The van der Waals surface area contributed by atoms with Gasteiger partial charge < -0.3 is 9.64 Å². The lowest BCUT2D eigenvalue weighted by molar-refractivity contribution is 0.482. The second-order valence-corrected chi connectivity index (χ2v) is 5.80. The predicted molar refractivity (Wildman–Crippen MR) is 87.6 cm³/mol. The molecule has 0 aliphatic carbocycles. The van der Waals surface area contributed by atoms with Crippen LogP contribution in [0, 0.1) is 0 Å². The Morgan fingerprint density at radius 3 is 2.42 bits per heavy atom. The first-order chi connectivity index (χ1) is 9.10. The highest BCUT2D eigenvalue weighted by Crippen LogP contribution is 2.29. The van der Waals surface area contributed by atoms with Crippen LogP contribution >= 0.6 is 31.9 Å². The molecule has 100 valence electrons. The minimum atomic E-state index is 0.823. The lowest BCUT2D eigenvalue weighted by Crippen LogP contribution is -2.08. The van der Waals surface area contributed by atoms with E-state index in [0.717, 1.165) is 27.0 Å². The van der Waals surface area contributed by atoms with E-state index in [2.05, 4.69) is 42.8 Å². The van der Waals surface area contributed by atoms with Crippen LogP contribution in [0.4, 0.5) is 5.69 Å². The van der Waals surface area contributed by atoms with Gasteiger partial charge in [0.25, 0.3) is 0 Å². The van der Waals surface area contributed by atoms with Gasteiger partial charge in [0, 0.05) is 35.7 Å². The van der Waals surface area contributed by atoms with Crippen LogP contribution in [0.3, 0.4) is 0 Å². The summed E-state index contributed by atoms with van der Waals surface area (Å²) in [7, 11) is 4.03. The molecule has 19 heavy (non-hydrogen) atoms. The summed E-state index contributed by atoms with van der Waals surface area (Å²) in [4.78, 5) is 2.05. The van der Waals surface area contributed by atoms with Crippen LogP contribution in [0.15, 0.2) is 46.9 Å². The minimum absolute atomic E-state index is 0.823. The Hall–Kier alpha value is -1.000. The number of anilines is 1. The summed E-state index contributed by atoms with van der Waals surface area (Å²) in [5.41, 5.74) is 2.32. The quantitative estimate of drug-likeness (QED) is 0.671. The summed E-state index contributed by atoms with van der Waals surface area (Å²) in [6, 6.07) is 14.0. The van der Waals surface area contributed by atoms with Crippen molar-refractivity contribution in [3.63, 3.8) is 0 Å². The van der Waals surface area contributed by atoms with Gasteiger partial charge in [0.05, 0.1) is 0 Å². The fourth-order valence-electron chi connectivity index (χ4n) is 1.66. The topological polar surface area (TPSA) is 12.5 Å². The molecule has 2 nitrogen and oxygen atoms in total. The average molecular weight is 385 g/mol. The Balaban J connectivity index is 2.21. The van der Waals surface area contributed by atoms with Crippen LogP contribution in [0.1, 0.15) is 5.56 Å². The molecule has 0 bridgehead atoms. The zero-order valence-electron chi connectivity index (χ0n) is 10.9. The lowest BCUT2D eigenvalue weighted by Gasteiger charge is -2.14. The normalized spacial score (nSPS) is 10.3. The highest BCUT2D eigenvalue weighted by atomic mass is 79.9. The molecule has 0 aromatic heterocycles. The summed E-state index contributed by atoms with van der Waals surface area (Å²) >= 11 is 6.99. The highest BCUT2D eigenvalue weighted by Gasteiger charge is 2.03. The average Bonchev–Trinajstić information content (AvgIpc) is 2.39. The van der Waals surface area contributed by atoms with Crippen LogP contribution in [0.2, 0.25) is 0 Å². The van der Waals surface area contributed by atoms with Crippen molar-refractivity contribution >= 4 is 37.5 Å². The zero-order valence-corrected chi connectivity index (χ0v) is 14.0. The van der Waals surface area contributed by atoms with Crippen molar-refractivity contribution < 1.29 is 4.74 Å². The molecule has 2 rings (SSSR count). The third-order valence-electron chi connectivity index (χ3n) is 2.74. The van der Waals surface area contributed by atoms with Gasteiger partial charge in [-0.05, 0) is 29.8 Å². The monoisotopic (exact) mass is 383 g/mol. The summed E-state index contributed by atoms with van der Waals surface area (Å²) < 4.78 is 6.92. The third kappa shape index (κ3) is 3.74. The van der Waals surface area contributed by atoms with Gasteiger partial charge >= 0.3 is 0 Å². The molecule has 2 aromatic carbocycles. The SMILES string of the molecule is CN(C)c1cccc(Oc2ccc(CBr)c(Br)c2)c1. The van der Waals surface area contributed by atoms with E-state index < -0.39 is 0 Å². The van der Waals surface area contributed by atoms with Crippen LogP contribution < -0.4 is 9.64 Å². The molecule has 2 aromatic rings. The molecule has 0 spiro atoms. The minimum Gasteiger partial charge on any atom is -0.457 e. The van der Waals surface area contributed by atoms with Gasteiger partial charge in [-0.15, -0.1) is 0 Å². The Bertz CT molecular complexity index is 570. The number of hydrogen-bond acceptors (Lipinski definition) is 2. The highest BCUT2D eigenvalue weighted by molar-refractivity contribution is 9.10. The second kappa shape index (κ2) is 6.44. The number of nitrogens with zero attached hydrogens (tertiary/aromatic N) is 1. The third-order valence-corrected chi connectivity index (χ3v) is 4.08. The molecule has 0 radical (unpaired) electrons. The Kier molecular flexibility index (Phi) is 4.88. The maximum absolute atomic E-state index is 5.88. The molecule has 0 aliphatic rings. The van der Waals surface area contributed by atoms with Gasteiger partial charge in [-0.3, -0.25) is 0 Å². The van der Waals surface area contributed by atoms with E-state index in [4.69, 9.17) is 4.74 Å². The van der Waals surface area contributed by atoms with Gasteiger partial charge in [0.15, 0.2) is 0 Å². The standard InChI is InChI=1S/C15H15Br2NO/c1-18(2)12-4-3-5-13(8-12)19-14-7-6-11(10-16)15(17)9-14/h3-9H,10H2,1-2H3. The molecular weight excluding hydrogens is 370 g/mol. The Morgan fingerprint density at radius 1 is 1.05 bits per heavy atom. The zero-order chi connectivity index (χ0) is 13.8.